The largest absolute Gasteiger partial charge is 0.458 e. The zero-order valence-electron chi connectivity index (χ0n) is 26.7. The molecule has 0 saturated heterocycles. The van der Waals surface area contributed by atoms with Gasteiger partial charge in [-0.1, -0.05) is 36.4 Å². The van der Waals surface area contributed by atoms with Gasteiger partial charge in [0.25, 0.3) is 5.91 Å². The molecular weight excluding hydrogens is 608 g/mol. The summed E-state index contributed by atoms with van der Waals surface area (Å²) in [5, 5.41) is 2.91. The summed E-state index contributed by atoms with van der Waals surface area (Å²) in [4.78, 5) is 30.8. The lowest BCUT2D eigenvalue weighted by Gasteiger charge is -2.25. The number of carbonyl (C=O) groups excluding carboxylic acids is 2. The molecule has 1 aromatic heterocycles. The highest BCUT2D eigenvalue weighted by Crippen LogP contribution is 2.24. The molecule has 1 N–H and O–H groups in total. The smallest absolute Gasteiger partial charge is 0.329 e. The number of carbonyl (C=O) groups is 2. The van der Waals surface area contributed by atoms with Gasteiger partial charge in [-0.15, -0.1) is 0 Å². The molecule has 0 bridgehead atoms. The van der Waals surface area contributed by atoms with Crippen LogP contribution in [0.25, 0.3) is 0 Å². The maximum absolute atomic E-state index is 13.7. The Morgan fingerprint density at radius 1 is 0.957 bits per heavy atom. The number of esters is 1. The van der Waals surface area contributed by atoms with E-state index in [9.17, 15) is 18.4 Å². The first kappa shape index (κ1) is 34.8. The van der Waals surface area contributed by atoms with E-state index in [1.807, 2.05) is 29.2 Å². The van der Waals surface area contributed by atoms with E-state index in [4.69, 9.17) is 9.47 Å². The Morgan fingerprint density at radius 2 is 1.63 bits per heavy atom. The lowest BCUT2D eigenvalue weighted by Crippen LogP contribution is -2.44. The highest BCUT2D eigenvalue weighted by molar-refractivity contribution is 7.98. The molecule has 0 spiro atoms. The fraction of sp³-hybridized carbons (Fsp3) is 0.361. The predicted octanol–water partition coefficient (Wildman–Crippen LogP) is 7.10. The number of rotatable bonds is 15. The molecule has 7 nitrogen and oxygen atoms in total. The van der Waals surface area contributed by atoms with Gasteiger partial charge in [-0.25, -0.2) is 18.6 Å². The fourth-order valence-electron chi connectivity index (χ4n) is 4.90. The van der Waals surface area contributed by atoms with E-state index in [0.717, 1.165) is 22.3 Å². The Balaban J connectivity index is 1.57. The zero-order valence-corrected chi connectivity index (χ0v) is 27.5. The lowest BCUT2D eigenvalue weighted by molar-refractivity contribution is -0.157. The van der Waals surface area contributed by atoms with Gasteiger partial charge in [0, 0.05) is 18.0 Å². The first-order chi connectivity index (χ1) is 22.0. The molecule has 0 aliphatic heterocycles. The molecule has 4 rings (SSSR count). The van der Waals surface area contributed by atoms with Crippen molar-refractivity contribution in [3.05, 3.63) is 125 Å². The number of halogens is 2. The molecule has 3 aromatic carbocycles. The van der Waals surface area contributed by atoms with E-state index in [1.54, 1.807) is 75.4 Å². The van der Waals surface area contributed by atoms with Crippen LogP contribution in [0.3, 0.4) is 0 Å². The molecule has 1 heterocycles. The molecule has 2 atom stereocenters. The van der Waals surface area contributed by atoms with E-state index in [1.165, 1.54) is 24.3 Å². The third kappa shape index (κ3) is 10.8. The quantitative estimate of drug-likeness (QED) is 0.139. The van der Waals surface area contributed by atoms with Crippen LogP contribution in [0.2, 0.25) is 0 Å². The summed E-state index contributed by atoms with van der Waals surface area (Å²) in [6.45, 7) is 6.09. The van der Waals surface area contributed by atoms with Crippen LogP contribution in [0.5, 0.6) is 0 Å². The van der Waals surface area contributed by atoms with E-state index in [-0.39, 0.29) is 30.3 Å². The molecule has 4 aromatic rings. The van der Waals surface area contributed by atoms with Crippen LogP contribution in [-0.4, -0.2) is 45.1 Å². The Labute approximate surface area is 273 Å². The molecule has 1 amide bonds. The summed E-state index contributed by atoms with van der Waals surface area (Å²) in [5.41, 5.74) is 3.11. The second-order valence-electron chi connectivity index (χ2n) is 12.1. The first-order valence-corrected chi connectivity index (χ1v) is 16.6. The minimum absolute atomic E-state index is 0.233. The van der Waals surface area contributed by atoms with Crippen molar-refractivity contribution in [2.75, 3.05) is 12.0 Å². The number of thioether (sulfide) groups is 1. The van der Waals surface area contributed by atoms with Crippen molar-refractivity contribution in [2.45, 2.75) is 70.9 Å². The SMILES string of the molecule is CSCC[C@H](NC(=O)c1ccc(COC(Cn2ccnc2)c2ccc(F)cc2)cc1CCc1ccc(F)cc1)C(=O)OC(C)(C)C. The highest BCUT2D eigenvalue weighted by atomic mass is 32.2. The van der Waals surface area contributed by atoms with Gasteiger partial charge < -0.3 is 19.4 Å². The molecule has 1 unspecified atom stereocenters. The number of nitrogens with one attached hydrogen (secondary N) is 1. The van der Waals surface area contributed by atoms with Crippen molar-refractivity contribution in [3.63, 3.8) is 0 Å². The van der Waals surface area contributed by atoms with Crippen molar-refractivity contribution in [2.24, 2.45) is 0 Å². The van der Waals surface area contributed by atoms with E-state index < -0.39 is 17.6 Å². The summed E-state index contributed by atoms with van der Waals surface area (Å²) in [7, 11) is 0. The average Bonchev–Trinajstić information content (AvgIpc) is 3.54. The van der Waals surface area contributed by atoms with Crippen LogP contribution in [0.15, 0.2) is 85.5 Å². The van der Waals surface area contributed by atoms with Crippen molar-refractivity contribution in [3.8, 4) is 0 Å². The molecule has 244 valence electrons. The van der Waals surface area contributed by atoms with E-state index in [0.29, 0.717) is 37.1 Å². The maximum atomic E-state index is 13.7. The third-order valence-corrected chi connectivity index (χ3v) is 7.89. The monoisotopic (exact) mass is 649 g/mol. The van der Waals surface area contributed by atoms with Gasteiger partial charge in [-0.3, -0.25) is 4.79 Å². The molecule has 0 saturated carbocycles. The molecule has 0 aliphatic carbocycles. The van der Waals surface area contributed by atoms with Crippen LogP contribution in [0.4, 0.5) is 8.78 Å². The third-order valence-electron chi connectivity index (χ3n) is 7.25. The summed E-state index contributed by atoms with van der Waals surface area (Å²) in [6.07, 6.45) is 8.29. The Kier molecular flexibility index (Phi) is 12.5. The first-order valence-electron chi connectivity index (χ1n) is 15.2. The molecular formula is C36H41F2N3O4S. The van der Waals surface area contributed by atoms with Crippen LogP contribution in [0, 0.1) is 11.6 Å². The normalized spacial score (nSPS) is 12.8. The van der Waals surface area contributed by atoms with Crippen LogP contribution in [0.1, 0.15) is 65.9 Å². The van der Waals surface area contributed by atoms with Crippen molar-refractivity contribution in [1.29, 1.82) is 0 Å². The van der Waals surface area contributed by atoms with Crippen molar-refractivity contribution >= 4 is 23.6 Å². The Morgan fingerprint density at radius 3 is 2.26 bits per heavy atom. The Hall–Kier alpha value is -4.02. The number of amides is 1. The number of ether oxygens (including phenoxy) is 2. The number of benzene rings is 3. The standard InChI is InChI=1S/C36H41F2N3O4S/c1-36(2,3)45-35(43)32(17-20-46-4)40-34(42)31-16-8-26(21-28(31)9-5-25-6-12-29(37)13-7-25)23-44-33(22-41-19-18-39-24-41)27-10-14-30(38)15-11-27/h6-8,10-16,18-19,21,24,32-33H,5,9,17,20,22-23H2,1-4H3,(H,40,42)/t32-,33?/m0/s1. The minimum Gasteiger partial charge on any atom is -0.458 e. The number of aromatic nitrogens is 2. The molecule has 0 fully saturated rings. The highest BCUT2D eigenvalue weighted by Gasteiger charge is 2.27. The zero-order chi connectivity index (χ0) is 33.1. The van der Waals surface area contributed by atoms with Crippen LogP contribution >= 0.6 is 11.8 Å². The second kappa shape index (κ2) is 16.5. The van der Waals surface area contributed by atoms with Crippen LogP contribution < -0.4 is 5.32 Å². The summed E-state index contributed by atoms with van der Waals surface area (Å²) < 4.78 is 41.1. The average molecular weight is 650 g/mol. The lowest BCUT2D eigenvalue weighted by atomic mass is 9.96. The molecule has 0 radical (unpaired) electrons. The van der Waals surface area contributed by atoms with E-state index in [2.05, 4.69) is 10.3 Å². The minimum atomic E-state index is -0.799. The maximum Gasteiger partial charge on any atom is 0.329 e. The number of imidazole rings is 1. The molecule has 0 aliphatic rings. The van der Waals surface area contributed by atoms with Gasteiger partial charge in [0.1, 0.15) is 29.4 Å². The van der Waals surface area contributed by atoms with Gasteiger partial charge in [-0.05, 0) is 105 Å². The summed E-state index contributed by atoms with van der Waals surface area (Å²) >= 11 is 1.58. The van der Waals surface area contributed by atoms with Gasteiger partial charge in [0.05, 0.1) is 19.5 Å². The van der Waals surface area contributed by atoms with Gasteiger partial charge in [-0.2, -0.15) is 11.8 Å². The van der Waals surface area contributed by atoms with Gasteiger partial charge >= 0.3 is 5.97 Å². The van der Waals surface area contributed by atoms with Crippen LogP contribution in [-0.2, 0) is 40.3 Å². The van der Waals surface area contributed by atoms with Gasteiger partial charge in [0.15, 0.2) is 0 Å². The summed E-state index contributed by atoms with van der Waals surface area (Å²) in [5.74, 6) is -0.813. The topological polar surface area (TPSA) is 82.5 Å². The predicted molar refractivity (Wildman–Crippen MR) is 177 cm³/mol. The number of nitrogens with zero attached hydrogens (tertiary/aromatic N) is 2. The molecule has 46 heavy (non-hydrogen) atoms. The molecule has 10 heteroatoms. The Bertz CT molecular complexity index is 1560. The number of hydrogen-bond donors (Lipinski definition) is 1. The van der Waals surface area contributed by atoms with Crippen molar-refractivity contribution < 1.29 is 27.8 Å². The second-order valence-corrected chi connectivity index (χ2v) is 13.1. The number of hydrogen-bond acceptors (Lipinski definition) is 6. The fourth-order valence-corrected chi connectivity index (χ4v) is 5.38. The van der Waals surface area contributed by atoms with Crippen molar-refractivity contribution in [1.82, 2.24) is 14.9 Å². The number of aryl methyl sites for hydroxylation is 2. The summed E-state index contributed by atoms with van der Waals surface area (Å²) in [6, 6.07) is 17.2. The van der Waals surface area contributed by atoms with E-state index >= 15 is 0 Å². The van der Waals surface area contributed by atoms with Gasteiger partial charge in [0.2, 0.25) is 0 Å².